The van der Waals surface area contributed by atoms with E-state index < -0.39 is 6.23 Å². The lowest BCUT2D eigenvalue weighted by atomic mass is 9.87. The molecule has 1 aliphatic heterocycles. The first-order valence-corrected chi connectivity index (χ1v) is 9.59. The Morgan fingerprint density at radius 3 is 2.46 bits per heavy atom. The largest absolute Gasteiger partial charge is 0.374 e. The zero-order chi connectivity index (χ0) is 18.1. The maximum Gasteiger partial charge on any atom is 0.225 e. The molecule has 0 bridgehead atoms. The maximum absolute atomic E-state index is 12.7. The van der Waals surface area contributed by atoms with E-state index in [1.165, 1.54) is 5.56 Å². The highest BCUT2D eigenvalue weighted by molar-refractivity contribution is 6.30. The fourth-order valence-electron chi connectivity index (χ4n) is 4.10. The van der Waals surface area contributed by atoms with Gasteiger partial charge in [0, 0.05) is 30.4 Å². The number of likely N-dealkylation sites (tertiary alicyclic amines) is 1. The van der Waals surface area contributed by atoms with Crippen LogP contribution in [0.2, 0.25) is 5.02 Å². The molecule has 2 unspecified atom stereocenters. The number of rotatable bonds is 5. The van der Waals surface area contributed by atoms with Crippen LogP contribution in [0.15, 0.2) is 48.8 Å². The second-order valence-electron chi connectivity index (χ2n) is 7.52. The first-order valence-electron chi connectivity index (χ1n) is 9.21. The average molecular weight is 371 g/mol. The molecule has 4 rings (SSSR count). The van der Waals surface area contributed by atoms with E-state index in [0.717, 1.165) is 24.8 Å². The van der Waals surface area contributed by atoms with Crippen LogP contribution < -0.4 is 0 Å². The van der Waals surface area contributed by atoms with Gasteiger partial charge in [-0.2, -0.15) is 0 Å². The third-order valence-electron chi connectivity index (χ3n) is 5.92. The summed E-state index contributed by atoms with van der Waals surface area (Å²) >= 11 is 5.94. The predicted octanol–water partition coefficient (Wildman–Crippen LogP) is 3.88. The van der Waals surface area contributed by atoms with Crippen molar-refractivity contribution in [2.45, 2.75) is 49.7 Å². The summed E-state index contributed by atoms with van der Waals surface area (Å²) in [5.74, 6) is 0.0929. The summed E-state index contributed by atoms with van der Waals surface area (Å²) in [7, 11) is 0. The molecule has 0 radical (unpaired) electrons. The minimum absolute atomic E-state index is 0.0363. The summed E-state index contributed by atoms with van der Waals surface area (Å²) < 4.78 is 0. The van der Waals surface area contributed by atoms with Gasteiger partial charge in [0.1, 0.15) is 6.23 Å². The number of carbonyl (C=O) groups excluding carboxylic acids is 1. The average Bonchev–Trinajstić information content (AvgIpc) is 3.43. The zero-order valence-corrected chi connectivity index (χ0v) is 15.4. The third kappa shape index (κ3) is 3.49. The first-order chi connectivity index (χ1) is 12.6. The first kappa shape index (κ1) is 17.5. The molecule has 2 aromatic rings. The van der Waals surface area contributed by atoms with E-state index in [1.54, 1.807) is 4.90 Å². The predicted molar refractivity (Wildman–Crippen MR) is 101 cm³/mol. The van der Waals surface area contributed by atoms with Gasteiger partial charge in [-0.05, 0) is 72.4 Å². The number of benzene rings is 1. The van der Waals surface area contributed by atoms with Crippen molar-refractivity contribution in [2.24, 2.45) is 0 Å². The SMILES string of the molecule is O=C1CC(c2ccc(Cl)cc2)CC(O)N1CCC1(c2ccncc2)CC1. The molecule has 0 spiro atoms. The number of piperidine rings is 1. The van der Waals surface area contributed by atoms with Gasteiger partial charge in [-0.1, -0.05) is 23.7 Å². The van der Waals surface area contributed by atoms with Crippen LogP contribution >= 0.6 is 11.6 Å². The van der Waals surface area contributed by atoms with Gasteiger partial charge in [0.15, 0.2) is 0 Å². The summed E-state index contributed by atoms with van der Waals surface area (Å²) in [6.07, 6.45) is 7.14. The van der Waals surface area contributed by atoms with Crippen LogP contribution in [-0.2, 0) is 10.2 Å². The van der Waals surface area contributed by atoms with E-state index in [4.69, 9.17) is 11.6 Å². The second kappa shape index (κ2) is 7.01. The molecule has 1 saturated heterocycles. The van der Waals surface area contributed by atoms with Crippen molar-refractivity contribution in [2.75, 3.05) is 6.54 Å². The normalized spacial score (nSPS) is 24.5. The fourth-order valence-corrected chi connectivity index (χ4v) is 4.22. The molecule has 26 heavy (non-hydrogen) atoms. The summed E-state index contributed by atoms with van der Waals surface area (Å²) in [6, 6.07) is 11.7. The number of pyridine rings is 1. The Labute approximate surface area is 158 Å². The fraction of sp³-hybridized carbons (Fsp3) is 0.429. The van der Waals surface area contributed by atoms with Gasteiger partial charge in [0.25, 0.3) is 0 Å². The van der Waals surface area contributed by atoms with Gasteiger partial charge >= 0.3 is 0 Å². The highest BCUT2D eigenvalue weighted by atomic mass is 35.5. The van der Waals surface area contributed by atoms with Crippen molar-refractivity contribution in [3.05, 3.63) is 64.9 Å². The molecule has 1 N–H and O–H groups in total. The lowest BCUT2D eigenvalue weighted by Crippen LogP contribution is -2.46. The van der Waals surface area contributed by atoms with Crippen LogP contribution in [0.4, 0.5) is 0 Å². The number of aromatic nitrogens is 1. The lowest BCUT2D eigenvalue weighted by molar-refractivity contribution is -0.148. The molecule has 2 heterocycles. The van der Waals surface area contributed by atoms with Crippen LogP contribution in [0.1, 0.15) is 49.1 Å². The number of hydrogen-bond donors (Lipinski definition) is 1. The molecule has 1 aromatic carbocycles. The summed E-state index contributed by atoms with van der Waals surface area (Å²) in [5.41, 5.74) is 2.53. The summed E-state index contributed by atoms with van der Waals surface area (Å²) in [5, 5.41) is 11.3. The summed E-state index contributed by atoms with van der Waals surface area (Å²) in [6.45, 7) is 0.607. The molecule has 1 aromatic heterocycles. The number of nitrogens with zero attached hydrogens (tertiary/aromatic N) is 2. The van der Waals surface area contributed by atoms with Gasteiger partial charge in [-0.15, -0.1) is 0 Å². The number of halogens is 1. The molecule has 1 amide bonds. The van der Waals surface area contributed by atoms with Crippen molar-refractivity contribution in [3.63, 3.8) is 0 Å². The van der Waals surface area contributed by atoms with E-state index in [-0.39, 0.29) is 17.2 Å². The summed E-state index contributed by atoms with van der Waals surface area (Å²) in [4.78, 5) is 18.4. The van der Waals surface area contributed by atoms with Crippen LogP contribution in [-0.4, -0.2) is 33.7 Å². The molecular weight excluding hydrogens is 348 g/mol. The number of hydrogen-bond acceptors (Lipinski definition) is 3. The monoisotopic (exact) mass is 370 g/mol. The van der Waals surface area contributed by atoms with E-state index in [1.807, 2.05) is 36.7 Å². The van der Waals surface area contributed by atoms with Crippen LogP contribution in [0.3, 0.4) is 0 Å². The Hall–Kier alpha value is -1.91. The van der Waals surface area contributed by atoms with E-state index >= 15 is 0 Å². The van der Waals surface area contributed by atoms with Crippen LogP contribution in [0, 0.1) is 0 Å². The number of amides is 1. The molecule has 4 nitrogen and oxygen atoms in total. The Morgan fingerprint density at radius 2 is 1.85 bits per heavy atom. The van der Waals surface area contributed by atoms with Gasteiger partial charge in [0.2, 0.25) is 5.91 Å². The number of aliphatic hydroxyl groups excluding tert-OH is 1. The van der Waals surface area contributed by atoms with Crippen LogP contribution in [0.25, 0.3) is 0 Å². The Bertz CT molecular complexity index is 774. The Kier molecular flexibility index (Phi) is 4.72. The van der Waals surface area contributed by atoms with Gasteiger partial charge in [-0.25, -0.2) is 0 Å². The third-order valence-corrected chi connectivity index (χ3v) is 6.17. The number of carbonyl (C=O) groups is 1. The standard InChI is InChI=1S/C21H23ClN2O2/c22-18-3-1-15(2-4-18)16-13-19(25)24(20(26)14-16)12-9-21(7-8-21)17-5-10-23-11-6-17/h1-6,10-11,16,19,25H,7-9,12-14H2. The van der Waals surface area contributed by atoms with Crippen LogP contribution in [0.5, 0.6) is 0 Å². The molecule has 136 valence electrons. The van der Waals surface area contributed by atoms with Crippen molar-refractivity contribution < 1.29 is 9.90 Å². The molecule has 2 aliphatic rings. The molecule has 2 atom stereocenters. The van der Waals surface area contributed by atoms with E-state index in [9.17, 15) is 9.90 Å². The number of aliphatic hydroxyl groups is 1. The van der Waals surface area contributed by atoms with E-state index in [0.29, 0.717) is 24.4 Å². The van der Waals surface area contributed by atoms with Gasteiger partial charge < -0.3 is 10.0 Å². The zero-order valence-electron chi connectivity index (χ0n) is 14.6. The van der Waals surface area contributed by atoms with Crippen molar-refractivity contribution in [1.82, 2.24) is 9.88 Å². The molecular formula is C21H23ClN2O2. The smallest absolute Gasteiger partial charge is 0.225 e. The highest BCUT2D eigenvalue weighted by Gasteiger charge is 2.45. The van der Waals surface area contributed by atoms with Crippen molar-refractivity contribution in [3.8, 4) is 0 Å². The lowest BCUT2D eigenvalue weighted by Gasteiger charge is -2.37. The van der Waals surface area contributed by atoms with Crippen molar-refractivity contribution >= 4 is 17.5 Å². The Morgan fingerprint density at radius 1 is 1.15 bits per heavy atom. The molecule has 1 saturated carbocycles. The molecule has 2 fully saturated rings. The quantitative estimate of drug-likeness (QED) is 0.868. The minimum Gasteiger partial charge on any atom is -0.374 e. The maximum atomic E-state index is 12.7. The Balaban J connectivity index is 1.40. The second-order valence-corrected chi connectivity index (χ2v) is 7.96. The highest BCUT2D eigenvalue weighted by Crippen LogP contribution is 2.51. The molecule has 5 heteroatoms. The van der Waals surface area contributed by atoms with Gasteiger partial charge in [-0.3, -0.25) is 9.78 Å². The van der Waals surface area contributed by atoms with Gasteiger partial charge in [0.05, 0.1) is 0 Å². The topological polar surface area (TPSA) is 53.4 Å². The minimum atomic E-state index is -0.717. The van der Waals surface area contributed by atoms with Crippen molar-refractivity contribution in [1.29, 1.82) is 0 Å². The molecule has 1 aliphatic carbocycles. The van der Waals surface area contributed by atoms with E-state index in [2.05, 4.69) is 17.1 Å².